The fraction of sp³-hybridized carbons (Fsp3) is 0.350. The van der Waals surface area contributed by atoms with Crippen LogP contribution in [0, 0.1) is 5.82 Å². The molecule has 5 nitrogen and oxygen atoms in total. The van der Waals surface area contributed by atoms with Crippen LogP contribution in [0.1, 0.15) is 31.2 Å². The largest absolute Gasteiger partial charge is 0.352 e. The van der Waals surface area contributed by atoms with Crippen molar-refractivity contribution in [1.29, 1.82) is 0 Å². The van der Waals surface area contributed by atoms with Gasteiger partial charge in [0.2, 0.25) is 15.9 Å². The Kier molecular flexibility index (Phi) is 6.69. The normalized spacial score (nSPS) is 18.0. The minimum absolute atomic E-state index is 0.0439. The molecule has 2 aromatic carbocycles. The SMILES string of the molecule is O=C(C[C@@H]1CCCCN1S(=O)(=O)c1ccc(F)cc1)NCc1ccc(Cl)cc1. The Morgan fingerprint density at radius 3 is 2.46 bits per heavy atom. The monoisotopic (exact) mass is 424 g/mol. The summed E-state index contributed by atoms with van der Waals surface area (Å²) in [6.45, 7) is 0.711. The molecule has 0 spiro atoms. The number of sulfonamides is 1. The number of carbonyl (C=O) groups excluding carboxylic acids is 1. The maximum atomic E-state index is 13.1. The Labute approximate surface area is 169 Å². The first kappa shape index (κ1) is 20.8. The van der Waals surface area contributed by atoms with E-state index in [2.05, 4.69) is 5.32 Å². The van der Waals surface area contributed by atoms with Crippen LogP contribution in [0.15, 0.2) is 53.4 Å². The summed E-state index contributed by atoms with van der Waals surface area (Å²) < 4.78 is 40.4. The van der Waals surface area contributed by atoms with Crippen molar-refractivity contribution in [2.24, 2.45) is 0 Å². The molecule has 28 heavy (non-hydrogen) atoms. The Hall–Kier alpha value is -1.96. The van der Waals surface area contributed by atoms with Crippen molar-refractivity contribution in [2.75, 3.05) is 6.54 Å². The van der Waals surface area contributed by atoms with Crippen molar-refractivity contribution < 1.29 is 17.6 Å². The van der Waals surface area contributed by atoms with Crippen molar-refractivity contribution in [3.63, 3.8) is 0 Å². The van der Waals surface area contributed by atoms with Crippen LogP contribution < -0.4 is 5.32 Å². The van der Waals surface area contributed by atoms with Gasteiger partial charge in [-0.05, 0) is 54.8 Å². The molecular formula is C20H22ClFN2O3S. The number of piperidine rings is 1. The van der Waals surface area contributed by atoms with Crippen molar-refractivity contribution >= 4 is 27.5 Å². The maximum Gasteiger partial charge on any atom is 0.243 e. The number of carbonyl (C=O) groups is 1. The van der Waals surface area contributed by atoms with Gasteiger partial charge in [-0.25, -0.2) is 12.8 Å². The Bertz CT molecular complexity index is 917. The summed E-state index contributed by atoms with van der Waals surface area (Å²) in [4.78, 5) is 12.4. The van der Waals surface area contributed by atoms with Crippen molar-refractivity contribution in [2.45, 2.75) is 43.2 Å². The Balaban J connectivity index is 1.66. The van der Waals surface area contributed by atoms with Crippen molar-refractivity contribution in [1.82, 2.24) is 9.62 Å². The summed E-state index contributed by atoms with van der Waals surface area (Å²) in [7, 11) is -3.77. The lowest BCUT2D eigenvalue weighted by molar-refractivity contribution is -0.122. The van der Waals surface area contributed by atoms with E-state index < -0.39 is 21.9 Å². The van der Waals surface area contributed by atoms with Crippen LogP contribution in [0.2, 0.25) is 5.02 Å². The molecule has 0 radical (unpaired) electrons. The standard InChI is InChI=1S/C20H22ClFN2O3S/c21-16-6-4-15(5-7-16)14-23-20(25)13-18-3-1-2-12-24(18)28(26,27)19-10-8-17(22)9-11-19/h4-11,18H,1-3,12-14H2,(H,23,25)/t18-/m0/s1. The zero-order valence-corrected chi connectivity index (χ0v) is 16.8. The van der Waals surface area contributed by atoms with Crippen LogP contribution in [-0.4, -0.2) is 31.2 Å². The van der Waals surface area contributed by atoms with Crippen molar-refractivity contribution in [3.05, 3.63) is 64.9 Å². The van der Waals surface area contributed by atoms with Gasteiger partial charge in [0.1, 0.15) is 5.82 Å². The molecule has 1 heterocycles. The zero-order valence-electron chi connectivity index (χ0n) is 15.3. The molecule has 150 valence electrons. The van der Waals surface area contributed by atoms with Gasteiger partial charge >= 0.3 is 0 Å². The first-order valence-corrected chi connectivity index (χ1v) is 11.0. The van der Waals surface area contributed by atoms with Crippen LogP contribution in [-0.2, 0) is 21.4 Å². The third kappa shape index (κ3) is 5.10. The molecule has 1 aliphatic rings. The van der Waals surface area contributed by atoms with Gasteiger partial charge < -0.3 is 5.32 Å². The molecule has 0 saturated carbocycles. The number of amides is 1. The molecule has 1 fully saturated rings. The van der Waals surface area contributed by atoms with E-state index in [1.807, 2.05) is 12.1 Å². The number of halogens is 2. The van der Waals surface area contributed by atoms with Crippen LogP contribution in [0.4, 0.5) is 4.39 Å². The highest BCUT2D eigenvalue weighted by Crippen LogP contribution is 2.27. The highest BCUT2D eigenvalue weighted by atomic mass is 35.5. The maximum absolute atomic E-state index is 13.1. The lowest BCUT2D eigenvalue weighted by Crippen LogP contribution is -2.45. The minimum atomic E-state index is -3.77. The number of rotatable bonds is 6. The van der Waals surface area contributed by atoms with E-state index in [9.17, 15) is 17.6 Å². The third-order valence-electron chi connectivity index (χ3n) is 4.82. The van der Waals surface area contributed by atoms with Gasteiger partial charge in [0.05, 0.1) is 4.90 Å². The molecular weight excluding hydrogens is 403 g/mol. The topological polar surface area (TPSA) is 66.5 Å². The van der Waals surface area contributed by atoms with E-state index in [0.717, 1.165) is 30.5 Å². The van der Waals surface area contributed by atoms with Gasteiger partial charge in [0.15, 0.2) is 0 Å². The molecule has 1 N–H and O–H groups in total. The molecule has 1 amide bonds. The Morgan fingerprint density at radius 1 is 1.11 bits per heavy atom. The summed E-state index contributed by atoms with van der Waals surface area (Å²) in [5, 5.41) is 3.46. The zero-order chi connectivity index (χ0) is 20.1. The highest BCUT2D eigenvalue weighted by Gasteiger charge is 2.34. The average Bonchev–Trinajstić information content (AvgIpc) is 2.68. The molecule has 0 aliphatic carbocycles. The van der Waals surface area contributed by atoms with Gasteiger partial charge in [0, 0.05) is 30.6 Å². The van der Waals surface area contributed by atoms with Gasteiger partial charge in [-0.2, -0.15) is 4.31 Å². The van der Waals surface area contributed by atoms with E-state index >= 15 is 0 Å². The second kappa shape index (κ2) is 9.03. The van der Waals surface area contributed by atoms with Crippen LogP contribution >= 0.6 is 11.6 Å². The summed E-state index contributed by atoms with van der Waals surface area (Å²) in [6.07, 6.45) is 2.32. The first-order valence-electron chi connectivity index (χ1n) is 9.15. The fourth-order valence-electron chi connectivity index (χ4n) is 3.33. The molecule has 1 saturated heterocycles. The second-order valence-corrected chi connectivity index (χ2v) is 9.15. The minimum Gasteiger partial charge on any atom is -0.352 e. The fourth-order valence-corrected chi connectivity index (χ4v) is 5.14. The lowest BCUT2D eigenvalue weighted by Gasteiger charge is -2.34. The molecule has 2 aromatic rings. The lowest BCUT2D eigenvalue weighted by atomic mass is 10.0. The van der Waals surface area contributed by atoms with Gasteiger partial charge in [-0.1, -0.05) is 30.2 Å². The van der Waals surface area contributed by atoms with Crippen LogP contribution in [0.5, 0.6) is 0 Å². The Morgan fingerprint density at radius 2 is 1.79 bits per heavy atom. The van der Waals surface area contributed by atoms with Gasteiger partial charge in [-0.3, -0.25) is 4.79 Å². The molecule has 0 aromatic heterocycles. The van der Waals surface area contributed by atoms with E-state index in [4.69, 9.17) is 11.6 Å². The molecule has 8 heteroatoms. The number of benzene rings is 2. The molecule has 1 atom stereocenters. The van der Waals surface area contributed by atoms with Crippen LogP contribution in [0.3, 0.4) is 0 Å². The number of nitrogens with zero attached hydrogens (tertiary/aromatic N) is 1. The summed E-state index contributed by atoms with van der Waals surface area (Å²) in [5.74, 6) is -0.697. The van der Waals surface area contributed by atoms with E-state index in [0.29, 0.717) is 24.5 Å². The highest BCUT2D eigenvalue weighted by molar-refractivity contribution is 7.89. The average molecular weight is 425 g/mol. The molecule has 3 rings (SSSR count). The first-order chi connectivity index (χ1) is 13.4. The summed E-state index contributed by atoms with van der Waals surface area (Å²) in [6, 6.07) is 11.5. The molecule has 0 bridgehead atoms. The van der Waals surface area contributed by atoms with E-state index in [-0.39, 0.29) is 17.2 Å². The van der Waals surface area contributed by atoms with E-state index in [1.165, 1.54) is 16.4 Å². The van der Waals surface area contributed by atoms with Gasteiger partial charge in [-0.15, -0.1) is 0 Å². The number of nitrogens with one attached hydrogen (secondary N) is 1. The summed E-state index contributed by atoms with van der Waals surface area (Å²) in [5.41, 5.74) is 0.914. The van der Waals surface area contributed by atoms with Crippen molar-refractivity contribution in [3.8, 4) is 0 Å². The molecule has 1 aliphatic heterocycles. The number of hydrogen-bond acceptors (Lipinski definition) is 3. The molecule has 0 unspecified atom stereocenters. The summed E-state index contributed by atoms with van der Waals surface area (Å²) >= 11 is 5.85. The third-order valence-corrected chi connectivity index (χ3v) is 7.04. The van der Waals surface area contributed by atoms with Crippen LogP contribution in [0.25, 0.3) is 0 Å². The van der Waals surface area contributed by atoms with Gasteiger partial charge in [0.25, 0.3) is 0 Å². The predicted molar refractivity (Wildman–Crippen MR) is 106 cm³/mol. The smallest absolute Gasteiger partial charge is 0.243 e. The quantitative estimate of drug-likeness (QED) is 0.768. The second-order valence-electron chi connectivity index (χ2n) is 6.83. The number of hydrogen-bond donors (Lipinski definition) is 1. The van der Waals surface area contributed by atoms with E-state index in [1.54, 1.807) is 12.1 Å². The predicted octanol–water partition coefficient (Wildman–Crippen LogP) is 3.73.